The van der Waals surface area contributed by atoms with E-state index in [9.17, 15) is 9.59 Å². The zero-order valence-electron chi connectivity index (χ0n) is 22.3. The molecule has 2 radical (unpaired) electrons. The number of pyridine rings is 1. The number of aryl methyl sites for hydroxylation is 2. The first kappa shape index (κ1) is 27.4. The lowest BCUT2D eigenvalue weighted by atomic mass is 9.93. The molecule has 2 aromatic heterocycles. The van der Waals surface area contributed by atoms with Crippen LogP contribution in [0.1, 0.15) is 49.9 Å². The fourth-order valence-electron chi connectivity index (χ4n) is 4.65. The number of hydrogen-bond acceptors (Lipinski definition) is 7. The van der Waals surface area contributed by atoms with Crippen LogP contribution in [0.15, 0.2) is 24.4 Å². The maximum atomic E-state index is 12.7. The number of fused-ring (bicyclic) bond motifs is 1. The van der Waals surface area contributed by atoms with Gasteiger partial charge in [0.2, 0.25) is 11.8 Å². The van der Waals surface area contributed by atoms with Crippen LogP contribution in [0.4, 0.5) is 5.69 Å². The van der Waals surface area contributed by atoms with Crippen molar-refractivity contribution in [1.82, 2.24) is 25.4 Å². The summed E-state index contributed by atoms with van der Waals surface area (Å²) in [4.78, 5) is 30.0. The Morgan fingerprint density at radius 2 is 1.89 bits per heavy atom. The highest BCUT2D eigenvalue weighted by atomic mass is 16.5. The predicted octanol–water partition coefficient (Wildman–Crippen LogP) is 1.73. The van der Waals surface area contributed by atoms with Crippen molar-refractivity contribution in [2.75, 3.05) is 25.6 Å². The molecule has 1 aromatic carbocycles. The van der Waals surface area contributed by atoms with Gasteiger partial charge in [-0.2, -0.15) is 5.10 Å². The van der Waals surface area contributed by atoms with E-state index in [-0.39, 0.29) is 37.4 Å². The largest absolute Gasteiger partial charge is 0.497 e. The molecule has 38 heavy (non-hydrogen) atoms. The summed E-state index contributed by atoms with van der Waals surface area (Å²) in [6.07, 6.45) is 4.05. The Bertz CT molecular complexity index is 1290. The lowest BCUT2D eigenvalue weighted by molar-refractivity contribution is -0.129. The van der Waals surface area contributed by atoms with Crippen molar-refractivity contribution >= 4 is 41.8 Å². The van der Waals surface area contributed by atoms with Crippen LogP contribution in [0, 0.1) is 0 Å². The highest BCUT2D eigenvalue weighted by molar-refractivity contribution is 6.34. The van der Waals surface area contributed by atoms with Gasteiger partial charge in [-0.15, -0.1) is 0 Å². The highest BCUT2D eigenvalue weighted by Gasteiger charge is 2.22. The van der Waals surface area contributed by atoms with Crippen LogP contribution in [-0.4, -0.2) is 60.8 Å². The second kappa shape index (κ2) is 12.8. The number of amides is 2. The van der Waals surface area contributed by atoms with E-state index in [2.05, 4.69) is 21.0 Å². The van der Waals surface area contributed by atoms with E-state index in [0.717, 1.165) is 46.4 Å². The first-order valence-electron chi connectivity index (χ1n) is 13.1. The average molecular weight is 518 g/mol. The number of anilines is 1. The molecule has 200 valence electrons. The van der Waals surface area contributed by atoms with Gasteiger partial charge in [-0.1, -0.05) is 24.5 Å². The summed E-state index contributed by atoms with van der Waals surface area (Å²) < 4.78 is 12.6. The highest BCUT2D eigenvalue weighted by Crippen LogP contribution is 2.31. The van der Waals surface area contributed by atoms with Crippen molar-refractivity contribution in [3.8, 4) is 5.75 Å². The third-order valence-electron chi connectivity index (χ3n) is 6.74. The maximum absolute atomic E-state index is 12.7. The quantitative estimate of drug-likeness (QED) is 0.261. The van der Waals surface area contributed by atoms with Gasteiger partial charge in [0, 0.05) is 50.1 Å². The number of methoxy groups -OCH3 is 1. The van der Waals surface area contributed by atoms with Crippen LogP contribution in [-0.2, 0) is 40.4 Å². The number of carbonyl (C=O) groups is 2. The zero-order chi connectivity index (χ0) is 27.1. The second-order valence-electron chi connectivity index (χ2n) is 9.30. The molecule has 1 saturated heterocycles. The minimum atomic E-state index is -0.369. The fourth-order valence-corrected chi connectivity index (χ4v) is 4.65. The van der Waals surface area contributed by atoms with E-state index in [4.69, 9.17) is 22.3 Å². The van der Waals surface area contributed by atoms with Gasteiger partial charge in [-0.05, 0) is 37.8 Å². The van der Waals surface area contributed by atoms with Crippen LogP contribution in [0.3, 0.4) is 0 Å². The molecule has 0 atom stereocenters. The number of carbonyl (C=O) groups excluding carboxylic acids is 2. The molecule has 4 rings (SSSR count). The first-order chi connectivity index (χ1) is 18.4. The summed E-state index contributed by atoms with van der Waals surface area (Å²) in [7, 11) is 7.48. The molecule has 3 aromatic rings. The summed E-state index contributed by atoms with van der Waals surface area (Å²) >= 11 is 0. The summed E-state index contributed by atoms with van der Waals surface area (Å²) in [6.45, 7) is 6.75. The van der Waals surface area contributed by atoms with Crippen molar-refractivity contribution in [2.24, 2.45) is 0 Å². The number of rotatable bonds is 11. The molecule has 0 unspecified atom stereocenters. The van der Waals surface area contributed by atoms with Gasteiger partial charge in [0.1, 0.15) is 20.0 Å². The van der Waals surface area contributed by atoms with Crippen molar-refractivity contribution in [3.05, 3.63) is 41.2 Å². The van der Waals surface area contributed by atoms with Gasteiger partial charge < -0.3 is 25.4 Å². The molecule has 3 heterocycles. The Balaban J connectivity index is 1.44. The topological polar surface area (TPSA) is 119 Å². The number of nitrogens with zero attached hydrogens (tertiary/aromatic N) is 3. The molecule has 0 aliphatic carbocycles. The predicted molar refractivity (Wildman–Crippen MR) is 147 cm³/mol. The van der Waals surface area contributed by atoms with Gasteiger partial charge in [0.25, 0.3) is 0 Å². The Hall–Kier alpha value is -3.60. The molecule has 2 amide bonds. The summed E-state index contributed by atoms with van der Waals surface area (Å²) in [5.74, 6) is -0.155. The van der Waals surface area contributed by atoms with Gasteiger partial charge in [0.05, 0.1) is 24.4 Å². The van der Waals surface area contributed by atoms with Gasteiger partial charge in [0.15, 0.2) is 5.65 Å². The minimum Gasteiger partial charge on any atom is -0.497 e. The van der Waals surface area contributed by atoms with Crippen molar-refractivity contribution in [1.29, 1.82) is 0 Å². The van der Waals surface area contributed by atoms with Crippen LogP contribution in [0.5, 0.6) is 5.75 Å². The summed E-state index contributed by atoms with van der Waals surface area (Å²) in [5.41, 5.74) is 4.89. The first-order valence-corrected chi connectivity index (χ1v) is 13.1. The maximum Gasteiger partial charge on any atom is 0.229 e. The van der Waals surface area contributed by atoms with Crippen LogP contribution in [0.2, 0.25) is 0 Å². The van der Waals surface area contributed by atoms with Crippen LogP contribution < -0.4 is 26.2 Å². The second-order valence-corrected chi connectivity index (χ2v) is 9.30. The lowest BCUT2D eigenvalue weighted by Gasteiger charge is -2.26. The number of benzene rings is 1. The van der Waals surface area contributed by atoms with Crippen LogP contribution >= 0.6 is 0 Å². The Labute approximate surface area is 224 Å². The lowest BCUT2D eigenvalue weighted by Crippen LogP contribution is -2.32. The van der Waals surface area contributed by atoms with Gasteiger partial charge in [-0.25, -0.2) is 9.67 Å². The monoisotopic (exact) mass is 518 g/mol. The molecular weight excluding hydrogens is 483 g/mol. The molecule has 1 aliphatic rings. The third-order valence-corrected chi connectivity index (χ3v) is 6.74. The SMILES string of the molecule is [B]c1cc(CNC(=O)CC(=O)NCc2c(CC)nc3c(cnn3CC)c2NC2CCOCC2)ccc1OC. The van der Waals surface area contributed by atoms with Crippen LogP contribution in [0.25, 0.3) is 11.0 Å². The van der Waals surface area contributed by atoms with Gasteiger partial charge in [-0.3, -0.25) is 9.59 Å². The molecule has 0 bridgehead atoms. The number of hydrogen-bond donors (Lipinski definition) is 3. The standard InChI is InChI=1S/C27H35BN6O4/c1-4-22-19(15-30-25(36)13-24(35)29-14-17-6-7-23(37-3)21(28)12-17)26(32-18-8-10-38-11-9-18)20-16-31-34(5-2)27(20)33-22/h6-7,12,16,18H,4-5,8-11,13-15H2,1-3H3,(H,29,35)(H,30,36)(H,32,33). The van der Waals surface area contributed by atoms with Gasteiger partial charge >= 0.3 is 0 Å². The molecule has 11 heteroatoms. The molecule has 10 nitrogen and oxygen atoms in total. The Morgan fingerprint density at radius 1 is 1.16 bits per heavy atom. The number of ether oxygens (including phenoxy) is 2. The van der Waals surface area contributed by atoms with E-state index >= 15 is 0 Å². The third kappa shape index (κ3) is 6.45. The van der Waals surface area contributed by atoms with Crippen molar-refractivity contribution in [3.63, 3.8) is 0 Å². The van der Waals surface area contributed by atoms with E-state index in [1.807, 2.05) is 30.8 Å². The van der Waals surface area contributed by atoms with E-state index in [1.54, 1.807) is 19.2 Å². The molecule has 1 aliphatic heterocycles. The summed E-state index contributed by atoms with van der Waals surface area (Å²) in [5, 5.41) is 14.8. The summed E-state index contributed by atoms with van der Waals surface area (Å²) in [6, 6.07) is 5.56. The van der Waals surface area contributed by atoms with Crippen molar-refractivity contribution in [2.45, 2.75) is 65.2 Å². The molecule has 0 spiro atoms. The normalized spacial score (nSPS) is 13.9. The smallest absolute Gasteiger partial charge is 0.229 e. The molecule has 1 fully saturated rings. The van der Waals surface area contributed by atoms with Crippen molar-refractivity contribution < 1.29 is 19.1 Å². The minimum absolute atomic E-state index is 0.260. The Morgan fingerprint density at radius 3 is 2.55 bits per heavy atom. The van der Waals surface area contributed by atoms with E-state index < -0.39 is 0 Å². The molecular formula is C27H35BN6O4. The fraction of sp³-hybridized carbons (Fsp3) is 0.481. The number of nitrogens with one attached hydrogen (secondary N) is 3. The molecule has 0 saturated carbocycles. The molecule has 3 N–H and O–H groups in total. The zero-order valence-corrected chi connectivity index (χ0v) is 22.3. The van der Waals surface area contributed by atoms with E-state index in [1.165, 1.54) is 0 Å². The number of aromatic nitrogens is 3. The van der Waals surface area contributed by atoms with E-state index in [0.29, 0.717) is 37.4 Å². The Kier molecular flexibility index (Phi) is 9.22. The average Bonchev–Trinajstić information content (AvgIpc) is 3.34.